The summed E-state index contributed by atoms with van der Waals surface area (Å²) in [6, 6.07) is 7.37. The summed E-state index contributed by atoms with van der Waals surface area (Å²) in [5, 5.41) is 14.6. The molecular weight excluding hydrogens is 331 g/mol. The van der Waals surface area contributed by atoms with E-state index in [9.17, 15) is 14.3 Å². The largest absolute Gasteiger partial charge is 0.493 e. The molecule has 4 rings (SSSR count). The van der Waals surface area contributed by atoms with Gasteiger partial charge in [0, 0.05) is 0 Å². The maximum atomic E-state index is 13.1. The smallest absolute Gasteiger partial charge is 0.270 e. The van der Waals surface area contributed by atoms with E-state index in [1.165, 1.54) is 6.07 Å². The Morgan fingerprint density at radius 1 is 1.24 bits per heavy atom. The van der Waals surface area contributed by atoms with Crippen LogP contribution in [0.5, 0.6) is 17.4 Å². The van der Waals surface area contributed by atoms with Gasteiger partial charge in [0.05, 0.1) is 11.8 Å². The number of carbonyl (C=O) groups is 1. The van der Waals surface area contributed by atoms with Gasteiger partial charge in [-0.2, -0.15) is 9.78 Å². The molecule has 126 valence electrons. The average molecular weight is 342 g/mol. The van der Waals surface area contributed by atoms with Gasteiger partial charge in [0.15, 0.2) is 23.0 Å². The highest BCUT2D eigenvalue weighted by molar-refractivity contribution is 5.99. The molecule has 3 heterocycles. The molecule has 0 bridgehead atoms. The monoisotopic (exact) mass is 342 g/mol. The van der Waals surface area contributed by atoms with Crippen molar-refractivity contribution in [3.05, 3.63) is 48.0 Å². The highest BCUT2D eigenvalue weighted by Crippen LogP contribution is 2.40. The zero-order chi connectivity index (χ0) is 17.6. The second-order valence-corrected chi connectivity index (χ2v) is 5.23. The fourth-order valence-corrected chi connectivity index (χ4v) is 2.55. The molecule has 0 spiro atoms. The average Bonchev–Trinajstić information content (AvgIpc) is 3.19. The van der Waals surface area contributed by atoms with Crippen molar-refractivity contribution in [2.75, 3.05) is 6.79 Å². The normalized spacial score (nSPS) is 12.4. The van der Waals surface area contributed by atoms with Crippen molar-refractivity contribution in [2.24, 2.45) is 5.73 Å². The zero-order valence-electron chi connectivity index (χ0n) is 12.6. The number of pyridine rings is 1. The van der Waals surface area contributed by atoms with Crippen LogP contribution in [0, 0.1) is 5.82 Å². The van der Waals surface area contributed by atoms with E-state index in [1.807, 2.05) is 0 Å². The molecule has 25 heavy (non-hydrogen) atoms. The van der Waals surface area contributed by atoms with Crippen molar-refractivity contribution >= 4 is 5.91 Å². The topological polar surface area (TPSA) is 112 Å². The lowest BCUT2D eigenvalue weighted by atomic mass is 10.0. The van der Waals surface area contributed by atoms with E-state index in [1.54, 1.807) is 18.2 Å². The van der Waals surface area contributed by atoms with Crippen LogP contribution in [0.2, 0.25) is 0 Å². The van der Waals surface area contributed by atoms with Crippen LogP contribution in [0.3, 0.4) is 0 Å². The summed E-state index contributed by atoms with van der Waals surface area (Å²) >= 11 is 0. The minimum absolute atomic E-state index is 0.0895. The SMILES string of the molecule is NC(=O)c1nn(-c2ccc(F)cn2)c(O)c1-c1ccc2c(c1)OCO2. The number of carbonyl (C=O) groups excluding carboxylic acids is 1. The van der Waals surface area contributed by atoms with Crippen molar-refractivity contribution in [1.29, 1.82) is 0 Å². The second-order valence-electron chi connectivity index (χ2n) is 5.23. The Hall–Kier alpha value is -3.62. The van der Waals surface area contributed by atoms with Gasteiger partial charge >= 0.3 is 0 Å². The third-order valence-corrected chi connectivity index (χ3v) is 3.68. The van der Waals surface area contributed by atoms with E-state index in [4.69, 9.17) is 15.2 Å². The molecule has 0 saturated heterocycles. The summed E-state index contributed by atoms with van der Waals surface area (Å²) in [6.45, 7) is 0.0895. The van der Waals surface area contributed by atoms with Crippen LogP contribution in [-0.4, -0.2) is 32.6 Å². The molecule has 0 fully saturated rings. The van der Waals surface area contributed by atoms with Gasteiger partial charge in [-0.1, -0.05) is 6.07 Å². The van der Waals surface area contributed by atoms with Crippen molar-refractivity contribution in [2.45, 2.75) is 0 Å². The number of aromatic nitrogens is 3. The molecule has 9 heteroatoms. The lowest BCUT2D eigenvalue weighted by Gasteiger charge is -2.04. The summed E-state index contributed by atoms with van der Waals surface area (Å²) in [6.07, 6.45) is 0.973. The van der Waals surface area contributed by atoms with Crippen molar-refractivity contribution in [3.8, 4) is 34.3 Å². The summed E-state index contributed by atoms with van der Waals surface area (Å²) < 4.78 is 24.6. The van der Waals surface area contributed by atoms with Crippen molar-refractivity contribution < 1.29 is 23.8 Å². The fourth-order valence-electron chi connectivity index (χ4n) is 2.55. The quantitative estimate of drug-likeness (QED) is 0.748. The van der Waals surface area contributed by atoms with Gasteiger partial charge in [-0.3, -0.25) is 4.79 Å². The summed E-state index contributed by atoms with van der Waals surface area (Å²) in [4.78, 5) is 15.6. The predicted molar refractivity (Wildman–Crippen MR) is 83.1 cm³/mol. The summed E-state index contributed by atoms with van der Waals surface area (Å²) in [5.41, 5.74) is 5.82. The highest BCUT2D eigenvalue weighted by atomic mass is 19.1. The van der Waals surface area contributed by atoms with Crippen LogP contribution >= 0.6 is 0 Å². The van der Waals surface area contributed by atoms with Gasteiger partial charge in [-0.15, -0.1) is 0 Å². The Labute approximate surface area is 140 Å². The van der Waals surface area contributed by atoms with Crippen molar-refractivity contribution in [3.63, 3.8) is 0 Å². The Kier molecular flexibility index (Phi) is 3.27. The Morgan fingerprint density at radius 2 is 2.04 bits per heavy atom. The molecule has 0 radical (unpaired) electrons. The number of benzene rings is 1. The first-order valence-corrected chi connectivity index (χ1v) is 7.18. The van der Waals surface area contributed by atoms with E-state index in [-0.39, 0.29) is 29.7 Å². The minimum atomic E-state index is -0.830. The van der Waals surface area contributed by atoms with Crippen LogP contribution in [-0.2, 0) is 0 Å². The van der Waals surface area contributed by atoms with E-state index >= 15 is 0 Å². The van der Waals surface area contributed by atoms with E-state index in [2.05, 4.69) is 10.1 Å². The number of amides is 1. The van der Waals surface area contributed by atoms with Gasteiger partial charge < -0.3 is 20.3 Å². The number of rotatable bonds is 3. The lowest BCUT2D eigenvalue weighted by Crippen LogP contribution is -2.13. The molecule has 0 unspecified atom stereocenters. The fraction of sp³-hybridized carbons (Fsp3) is 0.0625. The first-order valence-electron chi connectivity index (χ1n) is 7.18. The van der Waals surface area contributed by atoms with Crippen LogP contribution in [0.15, 0.2) is 36.5 Å². The summed E-state index contributed by atoms with van der Waals surface area (Å²) in [7, 11) is 0. The van der Waals surface area contributed by atoms with Crippen LogP contribution < -0.4 is 15.2 Å². The number of hydrogen-bond acceptors (Lipinski definition) is 6. The number of aromatic hydroxyl groups is 1. The van der Waals surface area contributed by atoms with Crippen LogP contribution in [0.1, 0.15) is 10.5 Å². The molecule has 1 aliphatic rings. The minimum Gasteiger partial charge on any atom is -0.493 e. The van der Waals surface area contributed by atoms with Crippen molar-refractivity contribution in [1.82, 2.24) is 14.8 Å². The highest BCUT2D eigenvalue weighted by Gasteiger charge is 2.25. The Balaban J connectivity index is 1.89. The van der Waals surface area contributed by atoms with Crippen LogP contribution in [0.4, 0.5) is 4.39 Å². The first kappa shape index (κ1) is 14.9. The first-order chi connectivity index (χ1) is 12.0. The molecule has 0 saturated carbocycles. The number of primary amides is 1. The summed E-state index contributed by atoms with van der Waals surface area (Å²) in [5.74, 6) is -0.568. The van der Waals surface area contributed by atoms with E-state index in [0.717, 1.165) is 16.9 Å². The van der Waals surface area contributed by atoms with Gasteiger partial charge in [0.2, 0.25) is 12.7 Å². The maximum Gasteiger partial charge on any atom is 0.270 e. The maximum absolute atomic E-state index is 13.1. The third-order valence-electron chi connectivity index (χ3n) is 3.68. The standard InChI is InChI=1S/C16H11FN4O4/c17-9-2-4-12(19-6-9)21-16(23)13(14(20-21)15(18)22)8-1-3-10-11(5-8)25-7-24-10/h1-6,23H,7H2,(H2,18,22). The van der Waals surface area contributed by atoms with Gasteiger partial charge in [-0.25, -0.2) is 9.37 Å². The number of halogens is 1. The number of ether oxygens (including phenoxy) is 2. The third kappa shape index (κ3) is 2.42. The number of fused-ring (bicyclic) bond motifs is 1. The van der Waals surface area contributed by atoms with Gasteiger partial charge in [0.25, 0.3) is 5.91 Å². The molecule has 1 amide bonds. The van der Waals surface area contributed by atoms with Gasteiger partial charge in [0.1, 0.15) is 5.82 Å². The molecule has 3 aromatic rings. The molecule has 3 N–H and O–H groups in total. The molecule has 0 aliphatic carbocycles. The lowest BCUT2D eigenvalue weighted by molar-refractivity contribution is 0.0995. The van der Waals surface area contributed by atoms with Crippen LogP contribution in [0.25, 0.3) is 16.9 Å². The predicted octanol–water partition coefficient (Wildman–Crippen LogP) is 1.61. The second kappa shape index (κ2) is 5.48. The molecular formula is C16H11FN4O4. The Bertz CT molecular complexity index is 985. The van der Waals surface area contributed by atoms with Gasteiger partial charge in [-0.05, 0) is 29.8 Å². The molecule has 2 aromatic heterocycles. The van der Waals surface area contributed by atoms with E-state index in [0.29, 0.717) is 17.1 Å². The number of nitrogens with zero attached hydrogens (tertiary/aromatic N) is 3. The molecule has 8 nitrogen and oxygen atoms in total. The van der Waals surface area contributed by atoms with E-state index < -0.39 is 11.7 Å². The Morgan fingerprint density at radius 3 is 2.76 bits per heavy atom. The zero-order valence-corrected chi connectivity index (χ0v) is 12.6. The number of hydrogen-bond donors (Lipinski definition) is 2. The molecule has 1 aliphatic heterocycles. The number of nitrogens with two attached hydrogens (primary N) is 1. The molecule has 0 atom stereocenters. The molecule has 1 aromatic carbocycles.